The minimum Gasteiger partial charge on any atom is -0.392 e. The van der Waals surface area contributed by atoms with Crippen LogP contribution in [0.25, 0.3) is 0 Å². The summed E-state index contributed by atoms with van der Waals surface area (Å²) < 4.78 is 27.0. The largest absolute Gasteiger partial charge is 0.392 e. The molecule has 1 atom stereocenters. The van der Waals surface area contributed by atoms with Gasteiger partial charge < -0.3 is 5.11 Å². The fraction of sp³-hybridized carbons (Fsp3) is 0.500. The fourth-order valence-corrected chi connectivity index (χ4v) is 5.89. The third-order valence-corrected chi connectivity index (χ3v) is 7.51. The molecule has 0 amide bonds. The Kier molecular flexibility index (Phi) is 6.07. The van der Waals surface area contributed by atoms with Gasteiger partial charge in [0.25, 0.3) is 0 Å². The van der Waals surface area contributed by atoms with Crippen molar-refractivity contribution in [2.24, 2.45) is 0 Å². The molecule has 0 aliphatic carbocycles. The van der Waals surface area contributed by atoms with Crippen LogP contribution in [-0.2, 0) is 16.6 Å². The molecule has 1 unspecified atom stereocenters. The van der Waals surface area contributed by atoms with E-state index in [1.54, 1.807) is 11.8 Å². The van der Waals surface area contributed by atoms with Crippen molar-refractivity contribution < 1.29 is 13.5 Å². The van der Waals surface area contributed by atoms with Gasteiger partial charge in [0, 0.05) is 34.1 Å². The second-order valence-corrected chi connectivity index (χ2v) is 9.06. The quantitative estimate of drug-likeness (QED) is 0.847. The van der Waals surface area contributed by atoms with Crippen molar-refractivity contribution in [1.82, 2.24) is 4.72 Å². The molecule has 4 nitrogen and oxygen atoms in total. The van der Waals surface area contributed by atoms with Gasteiger partial charge in [0.1, 0.15) is 0 Å². The van der Waals surface area contributed by atoms with E-state index in [-0.39, 0.29) is 16.5 Å². The van der Waals surface area contributed by atoms with Crippen molar-refractivity contribution in [2.75, 3.05) is 23.8 Å². The topological polar surface area (TPSA) is 66.4 Å². The smallest absolute Gasteiger partial charge is 0.240 e. The first-order chi connectivity index (χ1) is 9.53. The van der Waals surface area contributed by atoms with E-state index < -0.39 is 10.0 Å². The van der Waals surface area contributed by atoms with Crippen molar-refractivity contribution in [3.8, 4) is 0 Å². The second-order valence-electron chi connectivity index (χ2n) is 4.33. The Labute approximate surface area is 132 Å². The van der Waals surface area contributed by atoms with Crippen LogP contribution in [0.3, 0.4) is 0 Å². The third-order valence-electron chi connectivity index (χ3n) is 2.89. The van der Waals surface area contributed by atoms with E-state index in [4.69, 9.17) is 16.7 Å². The van der Waals surface area contributed by atoms with Crippen LogP contribution >= 0.6 is 35.1 Å². The van der Waals surface area contributed by atoms with Crippen LogP contribution in [0, 0.1) is 0 Å². The maximum atomic E-state index is 12.2. The van der Waals surface area contributed by atoms with Crippen LogP contribution in [0.2, 0.25) is 5.02 Å². The first kappa shape index (κ1) is 16.5. The summed E-state index contributed by atoms with van der Waals surface area (Å²) in [6.45, 7) is 0.224. The molecular weight excluding hydrogens is 338 g/mol. The van der Waals surface area contributed by atoms with Crippen LogP contribution in [0.1, 0.15) is 5.56 Å². The lowest BCUT2D eigenvalue weighted by molar-refractivity contribution is 0.282. The lowest BCUT2D eigenvalue weighted by Gasteiger charge is -2.21. The molecule has 1 aromatic carbocycles. The van der Waals surface area contributed by atoms with Gasteiger partial charge in [-0.1, -0.05) is 17.7 Å². The molecule has 0 aromatic heterocycles. The highest BCUT2D eigenvalue weighted by Crippen LogP contribution is 2.24. The number of aliphatic hydroxyl groups is 1. The summed E-state index contributed by atoms with van der Waals surface area (Å²) >= 11 is 9.58. The average Bonchev–Trinajstić information content (AvgIpc) is 2.46. The Hall–Kier alpha value is 0.0800. The highest BCUT2D eigenvalue weighted by atomic mass is 35.5. The van der Waals surface area contributed by atoms with Gasteiger partial charge in [0.05, 0.1) is 11.5 Å². The predicted molar refractivity (Wildman–Crippen MR) is 86.1 cm³/mol. The summed E-state index contributed by atoms with van der Waals surface area (Å²) in [7, 11) is -3.55. The van der Waals surface area contributed by atoms with E-state index >= 15 is 0 Å². The highest BCUT2D eigenvalue weighted by Gasteiger charge is 2.20. The minimum atomic E-state index is -3.55. The maximum Gasteiger partial charge on any atom is 0.240 e. The number of benzene rings is 1. The molecule has 2 N–H and O–H groups in total. The molecule has 0 spiro atoms. The Morgan fingerprint density at radius 1 is 1.40 bits per heavy atom. The van der Waals surface area contributed by atoms with E-state index in [1.807, 2.05) is 11.8 Å². The molecule has 2 rings (SSSR count). The van der Waals surface area contributed by atoms with E-state index in [2.05, 4.69) is 4.72 Å². The van der Waals surface area contributed by atoms with Gasteiger partial charge in [-0.05, 0) is 17.7 Å². The summed E-state index contributed by atoms with van der Waals surface area (Å²) in [5.74, 6) is 3.16. The first-order valence-corrected chi connectivity index (χ1v) is 10.2. The average molecular weight is 354 g/mol. The van der Waals surface area contributed by atoms with Gasteiger partial charge in [-0.2, -0.15) is 23.5 Å². The number of sulfonamides is 1. The van der Waals surface area contributed by atoms with Crippen LogP contribution < -0.4 is 4.72 Å². The lowest BCUT2D eigenvalue weighted by Crippen LogP contribution is -2.33. The lowest BCUT2D eigenvalue weighted by atomic mass is 10.2. The van der Waals surface area contributed by atoms with E-state index in [1.165, 1.54) is 18.2 Å². The number of hydrogen-bond donors (Lipinski definition) is 2. The molecule has 0 bridgehead atoms. The molecule has 8 heteroatoms. The number of rotatable bonds is 5. The molecule has 1 aliphatic heterocycles. The minimum absolute atomic E-state index is 0.133. The third kappa shape index (κ3) is 4.29. The standard InChI is InChI=1S/C12H16ClNO3S3/c13-12-5-11(2-1-9(12)7-15)20(16,17)14-6-10-8-18-3-4-19-10/h1-2,5,10,14-15H,3-4,6-8H2. The summed E-state index contributed by atoms with van der Waals surface area (Å²) in [5.41, 5.74) is 0.518. The highest BCUT2D eigenvalue weighted by molar-refractivity contribution is 8.06. The molecule has 1 aromatic rings. The Morgan fingerprint density at radius 2 is 2.20 bits per heavy atom. The molecule has 1 saturated heterocycles. The van der Waals surface area contributed by atoms with Gasteiger partial charge in [-0.15, -0.1) is 0 Å². The van der Waals surface area contributed by atoms with Crippen LogP contribution in [0.5, 0.6) is 0 Å². The number of nitrogens with one attached hydrogen (secondary N) is 1. The normalized spacial score (nSPS) is 20.0. The van der Waals surface area contributed by atoms with Crippen molar-refractivity contribution in [3.05, 3.63) is 28.8 Å². The molecular formula is C12H16ClNO3S3. The van der Waals surface area contributed by atoms with Gasteiger partial charge in [-0.3, -0.25) is 0 Å². The second kappa shape index (κ2) is 7.38. The van der Waals surface area contributed by atoms with Crippen LogP contribution in [0.4, 0.5) is 0 Å². The molecule has 20 heavy (non-hydrogen) atoms. The van der Waals surface area contributed by atoms with Gasteiger partial charge in [-0.25, -0.2) is 13.1 Å². The van der Waals surface area contributed by atoms with Crippen molar-refractivity contribution in [1.29, 1.82) is 0 Å². The molecule has 112 valence electrons. The van der Waals surface area contributed by atoms with Crippen molar-refractivity contribution >= 4 is 45.1 Å². The molecule has 0 radical (unpaired) electrons. The summed E-state index contributed by atoms with van der Waals surface area (Å²) in [4.78, 5) is 0.133. The van der Waals surface area contributed by atoms with Gasteiger partial charge in [0.2, 0.25) is 10.0 Å². The van der Waals surface area contributed by atoms with Crippen LogP contribution in [-0.4, -0.2) is 42.6 Å². The van der Waals surface area contributed by atoms with Crippen LogP contribution in [0.15, 0.2) is 23.1 Å². The van der Waals surface area contributed by atoms with Crippen molar-refractivity contribution in [2.45, 2.75) is 16.8 Å². The first-order valence-electron chi connectivity index (χ1n) is 6.11. The Balaban J connectivity index is 2.04. The molecule has 1 fully saturated rings. The molecule has 0 saturated carbocycles. The monoisotopic (exact) mass is 353 g/mol. The summed E-state index contributed by atoms with van der Waals surface area (Å²) in [5, 5.41) is 9.61. The zero-order valence-electron chi connectivity index (χ0n) is 10.7. The molecule has 1 aliphatic rings. The Morgan fingerprint density at radius 3 is 2.80 bits per heavy atom. The van der Waals surface area contributed by atoms with Gasteiger partial charge >= 0.3 is 0 Å². The zero-order chi connectivity index (χ0) is 14.6. The number of aliphatic hydroxyl groups excluding tert-OH is 1. The number of thioether (sulfide) groups is 2. The van der Waals surface area contributed by atoms with Crippen molar-refractivity contribution in [3.63, 3.8) is 0 Å². The number of hydrogen-bond acceptors (Lipinski definition) is 5. The maximum absolute atomic E-state index is 12.2. The van der Waals surface area contributed by atoms with E-state index in [0.717, 1.165) is 17.3 Å². The van der Waals surface area contributed by atoms with E-state index in [9.17, 15) is 8.42 Å². The molecule has 1 heterocycles. The zero-order valence-corrected chi connectivity index (χ0v) is 13.9. The summed E-state index contributed by atoms with van der Waals surface area (Å²) in [6.07, 6.45) is 0. The SMILES string of the molecule is O=S(=O)(NCC1CSCCS1)c1ccc(CO)c(Cl)c1. The van der Waals surface area contributed by atoms with E-state index in [0.29, 0.717) is 17.4 Å². The predicted octanol–water partition coefficient (Wildman–Crippen LogP) is 1.96. The Bertz CT molecular complexity index is 559. The fourth-order valence-electron chi connectivity index (χ4n) is 1.76. The summed E-state index contributed by atoms with van der Waals surface area (Å²) in [6, 6.07) is 4.36. The van der Waals surface area contributed by atoms with Gasteiger partial charge in [0.15, 0.2) is 0 Å². The number of halogens is 1.